The van der Waals surface area contributed by atoms with Crippen molar-refractivity contribution in [2.24, 2.45) is 0 Å². The molecule has 1 aliphatic heterocycles. The third-order valence-electron chi connectivity index (χ3n) is 5.41. The fourth-order valence-corrected chi connectivity index (χ4v) is 3.94. The van der Waals surface area contributed by atoms with Gasteiger partial charge in [-0.2, -0.15) is 0 Å². The molecular weight excluding hydrogens is 418 g/mol. The van der Waals surface area contributed by atoms with E-state index < -0.39 is 11.4 Å². The lowest BCUT2D eigenvalue weighted by atomic mass is 10.0. The van der Waals surface area contributed by atoms with Crippen molar-refractivity contribution in [3.8, 4) is 11.1 Å². The molecule has 2 amide bonds. The normalized spacial score (nSPS) is 17.9. The number of hydrogen-bond donors (Lipinski definition) is 1. The first kappa shape index (κ1) is 20.1. The van der Waals surface area contributed by atoms with Crippen molar-refractivity contribution >= 4 is 35.0 Å². The van der Waals surface area contributed by atoms with Gasteiger partial charge in [0.25, 0.3) is 11.8 Å². The minimum atomic E-state index is -1.19. The molecule has 8 heteroatoms. The van der Waals surface area contributed by atoms with Crippen LogP contribution in [0.25, 0.3) is 11.1 Å². The van der Waals surface area contributed by atoms with Crippen molar-refractivity contribution in [2.75, 3.05) is 26.2 Å². The third kappa shape index (κ3) is 3.97. The quantitative estimate of drug-likeness (QED) is 0.799. The van der Waals surface area contributed by atoms with Crippen LogP contribution in [0.3, 0.4) is 0 Å². The van der Waals surface area contributed by atoms with Crippen LogP contribution < -0.4 is 0 Å². The molecule has 0 aromatic heterocycles. The van der Waals surface area contributed by atoms with E-state index in [2.05, 4.69) is 0 Å². The van der Waals surface area contributed by atoms with Crippen molar-refractivity contribution in [1.29, 1.82) is 0 Å². The molecule has 1 heterocycles. The summed E-state index contributed by atoms with van der Waals surface area (Å²) in [6.07, 6.45) is 1.01. The van der Waals surface area contributed by atoms with Gasteiger partial charge in [-0.05, 0) is 43.2 Å². The van der Waals surface area contributed by atoms with Crippen LogP contribution in [-0.4, -0.2) is 58.5 Å². The number of hydrogen-bond acceptors (Lipinski definition) is 3. The summed E-state index contributed by atoms with van der Waals surface area (Å²) in [6.45, 7) is 1.53. The van der Waals surface area contributed by atoms with Gasteiger partial charge in [0.05, 0.1) is 0 Å². The molecule has 0 atom stereocenters. The summed E-state index contributed by atoms with van der Waals surface area (Å²) in [5.41, 5.74) is -0.00494. The zero-order chi connectivity index (χ0) is 20.8. The van der Waals surface area contributed by atoms with E-state index in [0.29, 0.717) is 60.7 Å². The molecule has 2 aromatic carbocycles. The first-order valence-electron chi connectivity index (χ1n) is 9.34. The molecule has 29 heavy (non-hydrogen) atoms. The van der Waals surface area contributed by atoms with Gasteiger partial charge in [-0.15, -0.1) is 0 Å². The Morgan fingerprint density at radius 2 is 1.55 bits per heavy atom. The highest BCUT2D eigenvalue weighted by Crippen LogP contribution is 2.37. The number of piperazine rings is 1. The van der Waals surface area contributed by atoms with Crippen LogP contribution in [0.15, 0.2) is 36.4 Å². The van der Waals surface area contributed by atoms with E-state index in [0.717, 1.165) is 0 Å². The van der Waals surface area contributed by atoms with Gasteiger partial charge in [0.2, 0.25) is 0 Å². The van der Waals surface area contributed by atoms with Crippen LogP contribution >= 0.6 is 23.2 Å². The lowest BCUT2D eigenvalue weighted by Crippen LogP contribution is -2.53. The van der Waals surface area contributed by atoms with Crippen LogP contribution in [0.2, 0.25) is 10.0 Å². The summed E-state index contributed by atoms with van der Waals surface area (Å²) >= 11 is 12.1. The van der Waals surface area contributed by atoms with Crippen LogP contribution in [0, 0.1) is 5.82 Å². The molecule has 5 nitrogen and oxygen atoms in total. The maximum atomic E-state index is 14.2. The van der Waals surface area contributed by atoms with Crippen LogP contribution in [0.4, 0.5) is 4.39 Å². The molecule has 0 unspecified atom stereocenters. The highest BCUT2D eigenvalue weighted by Gasteiger charge is 2.50. The molecule has 1 saturated heterocycles. The van der Waals surface area contributed by atoms with Crippen molar-refractivity contribution in [1.82, 2.24) is 9.80 Å². The highest BCUT2D eigenvalue weighted by molar-refractivity contribution is 6.34. The fraction of sp³-hybridized carbons (Fsp3) is 0.333. The molecule has 1 N–H and O–H groups in total. The average Bonchev–Trinajstić information content (AvgIpc) is 3.46. The first-order valence-corrected chi connectivity index (χ1v) is 10.1. The smallest absolute Gasteiger partial charge is 0.254 e. The van der Waals surface area contributed by atoms with Gasteiger partial charge in [0.1, 0.15) is 11.4 Å². The van der Waals surface area contributed by atoms with Crippen molar-refractivity contribution < 1.29 is 19.1 Å². The Morgan fingerprint density at radius 3 is 2.14 bits per heavy atom. The number of rotatable bonds is 3. The number of carbonyl (C=O) groups is 2. The Labute approximate surface area is 177 Å². The standard InChI is InChI=1S/C21H19Cl2FN2O3/c22-14-2-4-16(18(24)12-14)15-3-1-13(11-17(15)23)19(27)25-7-9-26(10-8-25)20(28)21(29)5-6-21/h1-4,11-12,29H,5-10H2. The van der Waals surface area contributed by atoms with Gasteiger partial charge < -0.3 is 14.9 Å². The molecule has 2 aliphatic rings. The predicted molar refractivity (Wildman–Crippen MR) is 109 cm³/mol. The Hall–Kier alpha value is -2.15. The molecule has 1 saturated carbocycles. The van der Waals surface area contributed by atoms with E-state index in [1.165, 1.54) is 12.1 Å². The summed E-state index contributed by atoms with van der Waals surface area (Å²) in [4.78, 5) is 28.3. The number of carbonyl (C=O) groups excluding carboxylic acids is 2. The summed E-state index contributed by atoms with van der Waals surface area (Å²) in [6, 6.07) is 9.09. The lowest BCUT2D eigenvalue weighted by Gasteiger charge is -2.35. The molecule has 0 bridgehead atoms. The van der Waals surface area contributed by atoms with Crippen molar-refractivity contribution in [3.05, 3.63) is 57.8 Å². The van der Waals surface area contributed by atoms with Gasteiger partial charge >= 0.3 is 0 Å². The van der Waals surface area contributed by atoms with E-state index in [4.69, 9.17) is 23.2 Å². The maximum Gasteiger partial charge on any atom is 0.254 e. The summed E-state index contributed by atoms with van der Waals surface area (Å²) in [7, 11) is 0. The number of nitrogens with zero attached hydrogens (tertiary/aromatic N) is 2. The molecule has 152 valence electrons. The van der Waals surface area contributed by atoms with Crippen LogP contribution in [-0.2, 0) is 4.79 Å². The average molecular weight is 437 g/mol. The molecule has 0 spiro atoms. The van der Waals surface area contributed by atoms with Crippen LogP contribution in [0.5, 0.6) is 0 Å². The summed E-state index contributed by atoms with van der Waals surface area (Å²) < 4.78 is 14.2. The second-order valence-electron chi connectivity index (χ2n) is 7.43. The van der Waals surface area contributed by atoms with Gasteiger partial charge in [0.15, 0.2) is 0 Å². The summed E-state index contributed by atoms with van der Waals surface area (Å²) in [5.74, 6) is -0.939. The second-order valence-corrected chi connectivity index (χ2v) is 8.28. The molecule has 0 radical (unpaired) electrons. The van der Waals surface area contributed by atoms with Gasteiger partial charge in [0, 0.05) is 52.9 Å². The Kier molecular flexibility index (Phi) is 5.27. The van der Waals surface area contributed by atoms with Gasteiger partial charge in [-0.25, -0.2) is 4.39 Å². The first-order chi connectivity index (χ1) is 13.8. The van der Waals surface area contributed by atoms with Crippen molar-refractivity contribution in [2.45, 2.75) is 18.4 Å². The van der Waals surface area contributed by atoms with E-state index in [-0.39, 0.29) is 16.8 Å². The minimum absolute atomic E-state index is 0.202. The Morgan fingerprint density at radius 1 is 0.931 bits per heavy atom. The number of amides is 2. The molecule has 1 aliphatic carbocycles. The second kappa shape index (κ2) is 7.59. The molecule has 4 rings (SSSR count). The minimum Gasteiger partial charge on any atom is -0.380 e. The Bertz CT molecular complexity index is 986. The van der Waals surface area contributed by atoms with E-state index in [1.54, 1.807) is 34.1 Å². The lowest BCUT2D eigenvalue weighted by molar-refractivity contribution is -0.143. The number of aliphatic hydroxyl groups is 1. The zero-order valence-corrected chi connectivity index (χ0v) is 17.0. The van der Waals surface area contributed by atoms with Gasteiger partial charge in [-0.3, -0.25) is 9.59 Å². The number of benzene rings is 2. The van der Waals surface area contributed by atoms with E-state index >= 15 is 0 Å². The number of halogens is 3. The predicted octanol–water partition coefficient (Wildman–Crippen LogP) is 3.61. The summed E-state index contributed by atoms with van der Waals surface area (Å²) in [5, 5.41) is 10.5. The monoisotopic (exact) mass is 436 g/mol. The topological polar surface area (TPSA) is 60.9 Å². The highest BCUT2D eigenvalue weighted by atomic mass is 35.5. The third-order valence-corrected chi connectivity index (χ3v) is 5.96. The van der Waals surface area contributed by atoms with Crippen molar-refractivity contribution in [3.63, 3.8) is 0 Å². The maximum absolute atomic E-state index is 14.2. The molecule has 2 aromatic rings. The Balaban J connectivity index is 1.46. The van der Waals surface area contributed by atoms with E-state index in [9.17, 15) is 19.1 Å². The van der Waals surface area contributed by atoms with Gasteiger partial charge in [-0.1, -0.05) is 29.3 Å². The fourth-order valence-electron chi connectivity index (χ4n) is 3.50. The zero-order valence-electron chi connectivity index (χ0n) is 15.5. The SMILES string of the molecule is O=C(c1ccc(-c2ccc(Cl)cc2F)c(Cl)c1)N1CCN(C(=O)C2(O)CC2)CC1. The largest absolute Gasteiger partial charge is 0.380 e. The molecular formula is C21H19Cl2FN2O3. The van der Waals surface area contributed by atoms with Crippen LogP contribution in [0.1, 0.15) is 23.2 Å². The molecule has 2 fully saturated rings. The van der Waals surface area contributed by atoms with E-state index in [1.807, 2.05) is 0 Å².